The summed E-state index contributed by atoms with van der Waals surface area (Å²) in [5.74, 6) is -0.178. The molecule has 0 atom stereocenters. The molecule has 19 heavy (non-hydrogen) atoms. The van der Waals surface area contributed by atoms with Crippen LogP contribution in [0.1, 0.15) is 15.9 Å². The molecule has 0 aliphatic heterocycles. The first-order chi connectivity index (χ1) is 9.00. The van der Waals surface area contributed by atoms with E-state index in [4.69, 9.17) is 17.3 Å². The number of hydrogen-bond donors (Lipinski definition) is 1. The molecule has 0 bridgehead atoms. The van der Waals surface area contributed by atoms with Crippen molar-refractivity contribution in [3.05, 3.63) is 58.6 Å². The van der Waals surface area contributed by atoms with E-state index in [0.717, 1.165) is 5.56 Å². The number of amides is 1. The SMILES string of the molecule is Cc1ccc(C(=O)N(C)c2ccccc2N)c(Cl)c1. The molecule has 3 nitrogen and oxygen atoms in total. The Morgan fingerprint density at radius 3 is 2.53 bits per heavy atom. The zero-order valence-electron chi connectivity index (χ0n) is 10.9. The quantitative estimate of drug-likeness (QED) is 0.852. The lowest BCUT2D eigenvalue weighted by atomic mass is 10.1. The average Bonchev–Trinajstić information content (AvgIpc) is 2.38. The summed E-state index contributed by atoms with van der Waals surface area (Å²) in [7, 11) is 1.68. The molecule has 1 amide bonds. The first-order valence-electron chi connectivity index (χ1n) is 5.89. The highest BCUT2D eigenvalue weighted by molar-refractivity contribution is 6.34. The first-order valence-corrected chi connectivity index (χ1v) is 6.27. The Morgan fingerprint density at radius 1 is 1.21 bits per heavy atom. The number of rotatable bonds is 2. The van der Waals surface area contributed by atoms with Gasteiger partial charge in [0.25, 0.3) is 5.91 Å². The van der Waals surface area contributed by atoms with Crippen LogP contribution in [0, 0.1) is 6.92 Å². The minimum absolute atomic E-state index is 0.178. The van der Waals surface area contributed by atoms with Crippen LogP contribution in [0.25, 0.3) is 0 Å². The van der Waals surface area contributed by atoms with E-state index in [9.17, 15) is 4.79 Å². The third-order valence-electron chi connectivity index (χ3n) is 2.96. The van der Waals surface area contributed by atoms with E-state index in [1.807, 2.05) is 25.1 Å². The molecule has 4 heteroatoms. The number of para-hydroxylation sites is 2. The van der Waals surface area contributed by atoms with Gasteiger partial charge in [0.15, 0.2) is 0 Å². The highest BCUT2D eigenvalue weighted by atomic mass is 35.5. The Kier molecular flexibility index (Phi) is 3.76. The smallest absolute Gasteiger partial charge is 0.259 e. The number of nitrogens with two attached hydrogens (primary N) is 1. The van der Waals surface area contributed by atoms with Crippen molar-refractivity contribution in [3.63, 3.8) is 0 Å². The van der Waals surface area contributed by atoms with E-state index in [1.165, 1.54) is 4.90 Å². The van der Waals surface area contributed by atoms with Crippen molar-refractivity contribution in [2.75, 3.05) is 17.7 Å². The number of benzene rings is 2. The number of nitrogens with zero attached hydrogens (tertiary/aromatic N) is 1. The summed E-state index contributed by atoms with van der Waals surface area (Å²) < 4.78 is 0. The second kappa shape index (κ2) is 5.33. The van der Waals surface area contributed by atoms with Crippen LogP contribution in [-0.2, 0) is 0 Å². The lowest BCUT2D eigenvalue weighted by Crippen LogP contribution is -2.27. The average molecular weight is 275 g/mol. The van der Waals surface area contributed by atoms with Crippen LogP contribution in [0.15, 0.2) is 42.5 Å². The molecule has 0 heterocycles. The number of anilines is 2. The van der Waals surface area contributed by atoms with Crippen molar-refractivity contribution >= 4 is 28.9 Å². The molecule has 0 spiro atoms. The van der Waals surface area contributed by atoms with Crippen LogP contribution in [0.5, 0.6) is 0 Å². The van der Waals surface area contributed by atoms with Crippen LogP contribution in [-0.4, -0.2) is 13.0 Å². The predicted octanol–water partition coefficient (Wildman–Crippen LogP) is 3.51. The Bertz CT molecular complexity index is 625. The fourth-order valence-electron chi connectivity index (χ4n) is 1.88. The summed E-state index contributed by atoms with van der Waals surface area (Å²) in [6.07, 6.45) is 0. The van der Waals surface area contributed by atoms with E-state index in [-0.39, 0.29) is 5.91 Å². The van der Waals surface area contributed by atoms with Gasteiger partial charge >= 0.3 is 0 Å². The van der Waals surface area contributed by atoms with Crippen LogP contribution < -0.4 is 10.6 Å². The van der Waals surface area contributed by atoms with Crippen molar-refractivity contribution in [1.29, 1.82) is 0 Å². The molecule has 2 N–H and O–H groups in total. The van der Waals surface area contributed by atoms with Crippen molar-refractivity contribution in [3.8, 4) is 0 Å². The number of hydrogen-bond acceptors (Lipinski definition) is 2. The van der Waals surface area contributed by atoms with Crippen molar-refractivity contribution in [2.45, 2.75) is 6.92 Å². The molecule has 0 radical (unpaired) electrons. The Morgan fingerprint density at radius 2 is 1.89 bits per heavy atom. The molecule has 2 aromatic rings. The maximum Gasteiger partial charge on any atom is 0.259 e. The third-order valence-corrected chi connectivity index (χ3v) is 3.27. The van der Waals surface area contributed by atoms with E-state index < -0.39 is 0 Å². The summed E-state index contributed by atoms with van der Waals surface area (Å²) in [4.78, 5) is 13.9. The highest BCUT2D eigenvalue weighted by Gasteiger charge is 2.17. The summed E-state index contributed by atoms with van der Waals surface area (Å²) in [6, 6.07) is 12.6. The van der Waals surface area contributed by atoms with Crippen molar-refractivity contribution in [2.24, 2.45) is 0 Å². The molecule has 0 aromatic heterocycles. The lowest BCUT2D eigenvalue weighted by Gasteiger charge is -2.19. The largest absolute Gasteiger partial charge is 0.397 e. The fraction of sp³-hybridized carbons (Fsp3) is 0.133. The topological polar surface area (TPSA) is 46.3 Å². The number of aryl methyl sites for hydroxylation is 1. The van der Waals surface area contributed by atoms with Gasteiger partial charge in [0, 0.05) is 7.05 Å². The van der Waals surface area contributed by atoms with E-state index in [0.29, 0.717) is 22.0 Å². The van der Waals surface area contributed by atoms with Gasteiger partial charge in [0.1, 0.15) is 0 Å². The molecule has 2 rings (SSSR count). The van der Waals surface area contributed by atoms with Crippen LogP contribution in [0.4, 0.5) is 11.4 Å². The molecular weight excluding hydrogens is 260 g/mol. The minimum atomic E-state index is -0.178. The second-order valence-corrected chi connectivity index (χ2v) is 4.81. The molecule has 0 fully saturated rings. The monoisotopic (exact) mass is 274 g/mol. The van der Waals surface area contributed by atoms with Crippen LogP contribution in [0.2, 0.25) is 5.02 Å². The Labute approximate surface area is 117 Å². The number of halogens is 1. The van der Waals surface area contributed by atoms with Crippen molar-refractivity contribution in [1.82, 2.24) is 0 Å². The number of carbonyl (C=O) groups excluding carboxylic acids is 1. The first kappa shape index (κ1) is 13.4. The number of nitrogen functional groups attached to an aromatic ring is 1. The second-order valence-electron chi connectivity index (χ2n) is 4.41. The zero-order valence-corrected chi connectivity index (χ0v) is 11.6. The van der Waals surface area contributed by atoms with Gasteiger partial charge in [0.05, 0.1) is 22.0 Å². The molecular formula is C15H15ClN2O. The van der Waals surface area contributed by atoms with Gasteiger partial charge in [-0.1, -0.05) is 29.8 Å². The molecule has 0 saturated heterocycles. The summed E-state index contributed by atoms with van der Waals surface area (Å²) in [5.41, 5.74) is 8.59. The molecule has 0 unspecified atom stereocenters. The van der Waals surface area contributed by atoms with Gasteiger partial charge in [-0.25, -0.2) is 0 Å². The van der Waals surface area contributed by atoms with E-state index >= 15 is 0 Å². The zero-order chi connectivity index (χ0) is 14.0. The van der Waals surface area contributed by atoms with Crippen LogP contribution >= 0.6 is 11.6 Å². The fourth-order valence-corrected chi connectivity index (χ4v) is 2.19. The molecule has 0 aliphatic rings. The summed E-state index contributed by atoms with van der Waals surface area (Å²) in [6.45, 7) is 1.93. The van der Waals surface area contributed by atoms with E-state index in [1.54, 1.807) is 31.3 Å². The van der Waals surface area contributed by atoms with Gasteiger partial charge in [-0.05, 0) is 36.8 Å². The van der Waals surface area contributed by atoms with Crippen LogP contribution in [0.3, 0.4) is 0 Å². The molecule has 0 aliphatic carbocycles. The third kappa shape index (κ3) is 2.71. The van der Waals surface area contributed by atoms with Gasteiger partial charge in [-0.3, -0.25) is 4.79 Å². The number of carbonyl (C=O) groups is 1. The molecule has 2 aromatic carbocycles. The standard InChI is InChI=1S/C15H15ClN2O/c1-10-7-8-11(12(16)9-10)15(19)18(2)14-6-4-3-5-13(14)17/h3-9H,17H2,1-2H3. The van der Waals surface area contributed by atoms with Gasteiger partial charge in [0.2, 0.25) is 0 Å². The normalized spacial score (nSPS) is 10.3. The summed E-state index contributed by atoms with van der Waals surface area (Å²) in [5, 5.41) is 0.450. The highest BCUT2D eigenvalue weighted by Crippen LogP contribution is 2.25. The van der Waals surface area contributed by atoms with Gasteiger partial charge in [-0.2, -0.15) is 0 Å². The maximum absolute atomic E-state index is 12.4. The maximum atomic E-state index is 12.4. The van der Waals surface area contributed by atoms with E-state index in [2.05, 4.69) is 0 Å². The Balaban J connectivity index is 2.37. The lowest BCUT2D eigenvalue weighted by molar-refractivity contribution is 0.0993. The van der Waals surface area contributed by atoms with Gasteiger partial charge in [-0.15, -0.1) is 0 Å². The predicted molar refractivity (Wildman–Crippen MR) is 79.8 cm³/mol. The molecule has 98 valence electrons. The molecule has 0 saturated carbocycles. The minimum Gasteiger partial charge on any atom is -0.397 e. The van der Waals surface area contributed by atoms with Gasteiger partial charge < -0.3 is 10.6 Å². The van der Waals surface area contributed by atoms with Crippen molar-refractivity contribution < 1.29 is 4.79 Å². The Hall–Kier alpha value is -2.00. The summed E-state index contributed by atoms with van der Waals surface area (Å²) >= 11 is 6.12.